The molecule has 2 N–H and O–H groups in total. The van der Waals surface area contributed by atoms with Crippen LogP contribution >= 0.6 is 0 Å². The first-order valence-electron chi connectivity index (χ1n) is 8.66. The summed E-state index contributed by atoms with van der Waals surface area (Å²) in [6.07, 6.45) is 0. The Kier molecular flexibility index (Phi) is 5.66. The quantitative estimate of drug-likeness (QED) is 0.632. The summed E-state index contributed by atoms with van der Waals surface area (Å²) >= 11 is 0. The molecule has 1 aromatic heterocycles. The number of aryl methyl sites for hydroxylation is 2. The van der Waals surface area contributed by atoms with Crippen LogP contribution in [0.15, 0.2) is 56.7 Å². The molecule has 0 fully saturated rings. The van der Waals surface area contributed by atoms with E-state index in [0.717, 1.165) is 15.4 Å². The van der Waals surface area contributed by atoms with Crippen LogP contribution in [-0.4, -0.2) is 42.4 Å². The fraction of sp³-hybridized carbons (Fsp3) is 0.211. The van der Waals surface area contributed by atoms with Gasteiger partial charge in [-0.3, -0.25) is 14.3 Å². The molecule has 3 aromatic rings. The maximum atomic E-state index is 12.7. The predicted octanol–water partition coefficient (Wildman–Crippen LogP) is 1.91. The highest BCUT2D eigenvalue weighted by Gasteiger charge is 2.23. The monoisotopic (exact) mass is 416 g/mol. The second kappa shape index (κ2) is 8.02. The molecule has 3 rings (SSSR count). The highest BCUT2D eigenvalue weighted by molar-refractivity contribution is 7.89. The van der Waals surface area contributed by atoms with E-state index in [2.05, 4.69) is 20.0 Å². The number of aromatic nitrogens is 2. The van der Waals surface area contributed by atoms with Gasteiger partial charge in [0.2, 0.25) is 15.9 Å². The predicted molar refractivity (Wildman–Crippen MR) is 107 cm³/mol. The van der Waals surface area contributed by atoms with E-state index in [1.807, 2.05) is 13.8 Å². The summed E-state index contributed by atoms with van der Waals surface area (Å²) in [4.78, 5) is 26.0. The molecule has 1 heterocycles. The average Bonchev–Trinajstić information content (AvgIpc) is 3.10. The van der Waals surface area contributed by atoms with Crippen molar-refractivity contribution in [2.24, 2.45) is 0 Å². The maximum Gasteiger partial charge on any atom is 0.439 e. The van der Waals surface area contributed by atoms with Gasteiger partial charge >= 0.3 is 5.76 Å². The molecular formula is C19H20N4O5S. The molecule has 0 radical (unpaired) electrons. The Bertz CT molecular complexity index is 1210. The molecule has 0 spiro atoms. The van der Waals surface area contributed by atoms with Crippen molar-refractivity contribution in [1.82, 2.24) is 14.4 Å². The van der Waals surface area contributed by atoms with Gasteiger partial charge in [0.15, 0.2) is 5.82 Å². The van der Waals surface area contributed by atoms with Crippen LogP contribution < -0.4 is 11.1 Å². The molecule has 0 saturated carbocycles. The molecule has 10 heteroatoms. The number of hydrogen-bond donors (Lipinski definition) is 2. The van der Waals surface area contributed by atoms with E-state index in [-0.39, 0.29) is 17.3 Å². The van der Waals surface area contributed by atoms with Crippen molar-refractivity contribution >= 4 is 21.6 Å². The molecule has 2 aromatic carbocycles. The van der Waals surface area contributed by atoms with E-state index in [1.165, 1.54) is 13.1 Å². The Morgan fingerprint density at radius 3 is 2.59 bits per heavy atom. The molecule has 1 amide bonds. The van der Waals surface area contributed by atoms with Crippen LogP contribution in [0.3, 0.4) is 0 Å². The fourth-order valence-corrected chi connectivity index (χ4v) is 3.85. The number of rotatable bonds is 6. The van der Waals surface area contributed by atoms with Crippen LogP contribution in [0.5, 0.6) is 0 Å². The molecule has 0 unspecified atom stereocenters. The van der Waals surface area contributed by atoms with Crippen LogP contribution in [0, 0.1) is 13.8 Å². The minimum absolute atomic E-state index is 0.132. The minimum atomic E-state index is -3.80. The molecule has 0 saturated heterocycles. The smallest absolute Gasteiger partial charge is 0.325 e. The van der Waals surface area contributed by atoms with Crippen LogP contribution in [0.4, 0.5) is 5.69 Å². The van der Waals surface area contributed by atoms with Gasteiger partial charge < -0.3 is 5.32 Å². The third-order valence-corrected chi connectivity index (χ3v) is 6.21. The summed E-state index contributed by atoms with van der Waals surface area (Å²) in [6, 6.07) is 11.4. The Balaban J connectivity index is 1.71. The lowest BCUT2D eigenvalue weighted by molar-refractivity contribution is -0.116. The third kappa shape index (κ3) is 4.61. The van der Waals surface area contributed by atoms with Gasteiger partial charge in [0, 0.05) is 18.3 Å². The Morgan fingerprint density at radius 2 is 1.93 bits per heavy atom. The number of carbonyl (C=O) groups is 1. The summed E-state index contributed by atoms with van der Waals surface area (Å²) in [6.45, 7) is 3.36. The molecular weight excluding hydrogens is 396 g/mol. The molecule has 0 atom stereocenters. The van der Waals surface area contributed by atoms with Crippen molar-refractivity contribution in [3.05, 3.63) is 64.1 Å². The number of carbonyl (C=O) groups excluding carboxylic acids is 1. The average molecular weight is 416 g/mol. The number of hydrogen-bond acceptors (Lipinski definition) is 6. The van der Waals surface area contributed by atoms with Gasteiger partial charge in [0.1, 0.15) is 0 Å². The number of sulfonamides is 1. The van der Waals surface area contributed by atoms with Crippen LogP contribution in [0.1, 0.15) is 11.1 Å². The van der Waals surface area contributed by atoms with E-state index in [0.29, 0.717) is 11.3 Å². The molecule has 0 bridgehead atoms. The van der Waals surface area contributed by atoms with E-state index in [1.54, 1.807) is 36.4 Å². The first kappa shape index (κ1) is 20.5. The molecule has 0 aliphatic carbocycles. The van der Waals surface area contributed by atoms with Gasteiger partial charge in [0.25, 0.3) is 0 Å². The lowest BCUT2D eigenvalue weighted by Gasteiger charge is -2.17. The first-order valence-corrected chi connectivity index (χ1v) is 10.1. The summed E-state index contributed by atoms with van der Waals surface area (Å²) in [7, 11) is -2.46. The van der Waals surface area contributed by atoms with Gasteiger partial charge in [0.05, 0.1) is 11.4 Å². The zero-order valence-electron chi connectivity index (χ0n) is 16.1. The van der Waals surface area contributed by atoms with Crippen molar-refractivity contribution < 1.29 is 17.7 Å². The Hall–Kier alpha value is -3.24. The number of amides is 1. The van der Waals surface area contributed by atoms with Gasteiger partial charge in [-0.1, -0.05) is 23.4 Å². The second-order valence-electron chi connectivity index (χ2n) is 6.58. The summed E-state index contributed by atoms with van der Waals surface area (Å²) in [5.74, 6) is -0.973. The van der Waals surface area contributed by atoms with E-state index in [4.69, 9.17) is 0 Å². The lowest BCUT2D eigenvalue weighted by atomic mass is 10.1. The van der Waals surface area contributed by atoms with E-state index < -0.39 is 21.7 Å². The van der Waals surface area contributed by atoms with Gasteiger partial charge in [-0.15, -0.1) is 0 Å². The third-order valence-electron chi connectivity index (χ3n) is 4.41. The minimum Gasteiger partial charge on any atom is -0.325 e. The SMILES string of the molecule is Cc1ccc(S(=O)(=O)N(C)CC(=O)Nc2cccc(-c3noc(=O)[nH]3)c2)cc1C. The number of likely N-dealkylation sites (N-methyl/N-ethyl adjacent to an activating group) is 1. The number of nitrogens with one attached hydrogen (secondary N) is 2. The van der Waals surface area contributed by atoms with Crippen LogP contribution in [0.25, 0.3) is 11.4 Å². The van der Waals surface area contributed by atoms with Gasteiger partial charge in [-0.05, 0) is 49.2 Å². The fourth-order valence-electron chi connectivity index (χ4n) is 2.64. The van der Waals surface area contributed by atoms with Crippen LogP contribution in [0.2, 0.25) is 0 Å². The lowest BCUT2D eigenvalue weighted by Crippen LogP contribution is -2.35. The van der Waals surface area contributed by atoms with Crippen molar-refractivity contribution in [2.75, 3.05) is 18.9 Å². The number of H-pyrrole nitrogens is 1. The maximum absolute atomic E-state index is 12.7. The summed E-state index contributed by atoms with van der Waals surface area (Å²) < 4.78 is 30.9. The van der Waals surface area contributed by atoms with Gasteiger partial charge in [-0.2, -0.15) is 4.31 Å². The molecule has 152 valence electrons. The number of aromatic amines is 1. The Labute approximate surface area is 167 Å². The summed E-state index contributed by atoms with van der Waals surface area (Å²) in [5.41, 5.74) is 2.79. The first-order chi connectivity index (χ1) is 13.7. The van der Waals surface area contributed by atoms with Crippen molar-refractivity contribution in [2.45, 2.75) is 18.7 Å². The molecule has 9 nitrogen and oxygen atoms in total. The Morgan fingerprint density at radius 1 is 1.17 bits per heavy atom. The number of benzene rings is 2. The summed E-state index contributed by atoms with van der Waals surface area (Å²) in [5, 5.41) is 6.23. The zero-order chi connectivity index (χ0) is 21.2. The highest BCUT2D eigenvalue weighted by atomic mass is 32.2. The molecule has 0 aliphatic rings. The van der Waals surface area contributed by atoms with Gasteiger partial charge in [-0.25, -0.2) is 13.2 Å². The van der Waals surface area contributed by atoms with E-state index >= 15 is 0 Å². The molecule has 29 heavy (non-hydrogen) atoms. The second-order valence-corrected chi connectivity index (χ2v) is 8.62. The number of anilines is 1. The normalized spacial score (nSPS) is 11.6. The standard InChI is InChI=1S/C19H20N4O5S/c1-12-7-8-16(9-13(12)2)29(26,27)23(3)11-17(24)20-15-6-4-5-14(10-15)18-21-19(25)28-22-18/h4-10H,11H2,1-3H3,(H,20,24)(H,21,22,25). The van der Waals surface area contributed by atoms with E-state index in [9.17, 15) is 18.0 Å². The van der Waals surface area contributed by atoms with Crippen molar-refractivity contribution in [3.63, 3.8) is 0 Å². The molecule has 0 aliphatic heterocycles. The largest absolute Gasteiger partial charge is 0.439 e. The zero-order valence-corrected chi connectivity index (χ0v) is 16.9. The topological polar surface area (TPSA) is 125 Å². The van der Waals surface area contributed by atoms with Crippen molar-refractivity contribution in [1.29, 1.82) is 0 Å². The number of nitrogens with zero attached hydrogens (tertiary/aromatic N) is 2. The van der Waals surface area contributed by atoms with Crippen molar-refractivity contribution in [3.8, 4) is 11.4 Å². The van der Waals surface area contributed by atoms with Crippen LogP contribution in [-0.2, 0) is 14.8 Å². The highest BCUT2D eigenvalue weighted by Crippen LogP contribution is 2.20.